The van der Waals surface area contributed by atoms with Crippen molar-refractivity contribution < 1.29 is 4.79 Å². The smallest absolute Gasteiger partial charge is 0.258 e. The van der Waals surface area contributed by atoms with Gasteiger partial charge in [0, 0.05) is 42.4 Å². The van der Waals surface area contributed by atoms with Crippen molar-refractivity contribution in [2.45, 2.75) is 0 Å². The molecule has 0 atom stereocenters. The van der Waals surface area contributed by atoms with Crippen molar-refractivity contribution in [3.63, 3.8) is 0 Å². The van der Waals surface area contributed by atoms with Crippen molar-refractivity contribution in [3.05, 3.63) is 54.4 Å². The van der Waals surface area contributed by atoms with E-state index in [1.807, 2.05) is 31.1 Å². The number of benzene rings is 1. The molecule has 1 heterocycles. The fraction of sp³-hybridized carbons (Fsp3) is 0.250. The first kappa shape index (κ1) is 15.0. The zero-order valence-electron chi connectivity index (χ0n) is 12.4. The lowest BCUT2D eigenvalue weighted by atomic mass is 10.2. The summed E-state index contributed by atoms with van der Waals surface area (Å²) in [5, 5.41) is 0. The Balaban J connectivity index is 2.27. The molecular weight excluding hydrogens is 264 g/mol. The molecule has 110 valence electrons. The zero-order chi connectivity index (χ0) is 15.2. The van der Waals surface area contributed by atoms with Crippen LogP contribution < -0.4 is 10.6 Å². The Kier molecular flexibility index (Phi) is 4.90. The molecule has 0 aliphatic rings. The molecule has 0 spiro atoms. The molecule has 5 heteroatoms. The average molecular weight is 284 g/mol. The number of hydrogen-bond acceptors (Lipinski definition) is 4. The van der Waals surface area contributed by atoms with Crippen LogP contribution in [0.3, 0.4) is 0 Å². The number of anilines is 2. The molecule has 21 heavy (non-hydrogen) atoms. The molecule has 2 N–H and O–H groups in total. The number of likely N-dealkylation sites (N-methyl/N-ethyl adjacent to an activating group) is 1. The number of nitrogens with two attached hydrogens (primary N) is 1. The Bertz CT molecular complexity index is 581. The summed E-state index contributed by atoms with van der Waals surface area (Å²) in [6.45, 7) is 1.39. The highest BCUT2D eigenvalue weighted by Gasteiger charge is 2.17. The predicted octanol–water partition coefficient (Wildman–Crippen LogP) is 1.87. The van der Waals surface area contributed by atoms with E-state index >= 15 is 0 Å². The second-order valence-electron chi connectivity index (χ2n) is 5.09. The Morgan fingerprint density at radius 3 is 2.24 bits per heavy atom. The first-order chi connectivity index (χ1) is 10.1. The minimum absolute atomic E-state index is 0.0379. The summed E-state index contributed by atoms with van der Waals surface area (Å²) >= 11 is 0. The van der Waals surface area contributed by atoms with Gasteiger partial charge in [0.1, 0.15) is 0 Å². The zero-order valence-corrected chi connectivity index (χ0v) is 12.4. The Labute approximate surface area is 125 Å². The van der Waals surface area contributed by atoms with E-state index in [-0.39, 0.29) is 5.91 Å². The molecule has 0 radical (unpaired) electrons. The van der Waals surface area contributed by atoms with Crippen molar-refractivity contribution in [1.82, 2.24) is 9.88 Å². The summed E-state index contributed by atoms with van der Waals surface area (Å²) in [5.41, 5.74) is 7.87. The van der Waals surface area contributed by atoms with Gasteiger partial charge in [-0.2, -0.15) is 0 Å². The van der Waals surface area contributed by atoms with Gasteiger partial charge in [-0.1, -0.05) is 0 Å². The summed E-state index contributed by atoms with van der Waals surface area (Å²) in [4.78, 5) is 20.4. The third kappa shape index (κ3) is 4.03. The number of hydrogen-bond donors (Lipinski definition) is 1. The van der Waals surface area contributed by atoms with Gasteiger partial charge in [-0.05, 0) is 50.5 Å². The van der Waals surface area contributed by atoms with Gasteiger partial charge in [-0.25, -0.2) is 0 Å². The molecule has 0 saturated carbocycles. The van der Waals surface area contributed by atoms with Crippen LogP contribution in [-0.4, -0.2) is 43.0 Å². The van der Waals surface area contributed by atoms with E-state index in [4.69, 9.17) is 5.73 Å². The summed E-state index contributed by atoms with van der Waals surface area (Å²) in [6, 6.07) is 10.8. The SMILES string of the molecule is CN(C)CCN(C(=O)c1ccncc1)c1ccc(N)cc1. The minimum atomic E-state index is -0.0379. The molecule has 0 aliphatic heterocycles. The second kappa shape index (κ2) is 6.85. The Morgan fingerprint density at radius 1 is 1.05 bits per heavy atom. The standard InChI is InChI=1S/C16H20N4O/c1-19(2)11-12-20(15-5-3-14(17)4-6-15)16(21)13-7-9-18-10-8-13/h3-10H,11-12,17H2,1-2H3. The average Bonchev–Trinajstić information content (AvgIpc) is 2.49. The second-order valence-corrected chi connectivity index (χ2v) is 5.09. The number of amides is 1. The number of carbonyl (C=O) groups excluding carboxylic acids is 1. The van der Waals surface area contributed by atoms with Crippen LogP contribution in [-0.2, 0) is 0 Å². The molecule has 0 aliphatic carbocycles. The van der Waals surface area contributed by atoms with Gasteiger partial charge in [0.2, 0.25) is 0 Å². The molecule has 0 bridgehead atoms. The molecule has 1 amide bonds. The lowest BCUT2D eigenvalue weighted by Gasteiger charge is -2.24. The summed E-state index contributed by atoms with van der Waals surface area (Å²) in [7, 11) is 3.97. The molecule has 0 fully saturated rings. The van der Waals surface area contributed by atoms with Gasteiger partial charge < -0.3 is 15.5 Å². The molecule has 2 aromatic rings. The minimum Gasteiger partial charge on any atom is -0.399 e. The highest BCUT2D eigenvalue weighted by atomic mass is 16.2. The first-order valence-corrected chi connectivity index (χ1v) is 6.80. The van der Waals surface area contributed by atoms with E-state index < -0.39 is 0 Å². The predicted molar refractivity (Wildman–Crippen MR) is 85.3 cm³/mol. The monoisotopic (exact) mass is 284 g/mol. The van der Waals surface area contributed by atoms with E-state index in [9.17, 15) is 4.79 Å². The Hall–Kier alpha value is -2.40. The van der Waals surface area contributed by atoms with Crippen LogP contribution in [0.2, 0.25) is 0 Å². The van der Waals surface area contributed by atoms with E-state index in [2.05, 4.69) is 4.98 Å². The summed E-state index contributed by atoms with van der Waals surface area (Å²) < 4.78 is 0. The van der Waals surface area contributed by atoms with Crippen LogP contribution in [0.25, 0.3) is 0 Å². The van der Waals surface area contributed by atoms with E-state index in [0.29, 0.717) is 17.8 Å². The van der Waals surface area contributed by atoms with Crippen molar-refractivity contribution in [2.24, 2.45) is 0 Å². The van der Waals surface area contributed by atoms with Crippen molar-refractivity contribution in [2.75, 3.05) is 37.8 Å². The van der Waals surface area contributed by atoms with Gasteiger partial charge in [-0.3, -0.25) is 9.78 Å². The number of pyridine rings is 1. The summed E-state index contributed by atoms with van der Waals surface area (Å²) in [6.07, 6.45) is 3.25. The number of aromatic nitrogens is 1. The van der Waals surface area contributed by atoms with E-state index in [0.717, 1.165) is 12.2 Å². The molecule has 1 aromatic carbocycles. The fourth-order valence-corrected chi connectivity index (χ4v) is 1.95. The maximum atomic E-state index is 12.7. The van der Waals surface area contributed by atoms with Crippen LogP contribution in [0.5, 0.6) is 0 Å². The van der Waals surface area contributed by atoms with Crippen LogP contribution in [0.1, 0.15) is 10.4 Å². The largest absolute Gasteiger partial charge is 0.399 e. The lowest BCUT2D eigenvalue weighted by molar-refractivity contribution is 0.0985. The highest BCUT2D eigenvalue weighted by Crippen LogP contribution is 2.18. The van der Waals surface area contributed by atoms with Gasteiger partial charge >= 0.3 is 0 Å². The molecule has 0 saturated heterocycles. The van der Waals surface area contributed by atoms with Gasteiger partial charge in [0.25, 0.3) is 5.91 Å². The van der Waals surface area contributed by atoms with Crippen molar-refractivity contribution in [1.29, 1.82) is 0 Å². The number of nitrogen functional groups attached to an aromatic ring is 1. The van der Waals surface area contributed by atoms with E-state index in [1.165, 1.54) is 0 Å². The fourth-order valence-electron chi connectivity index (χ4n) is 1.95. The quantitative estimate of drug-likeness (QED) is 0.851. The number of nitrogens with zero attached hydrogens (tertiary/aromatic N) is 3. The van der Waals surface area contributed by atoms with Gasteiger partial charge in [0.05, 0.1) is 0 Å². The molecule has 5 nitrogen and oxygen atoms in total. The van der Waals surface area contributed by atoms with Gasteiger partial charge in [0.15, 0.2) is 0 Å². The third-order valence-corrected chi connectivity index (χ3v) is 3.15. The Morgan fingerprint density at radius 2 is 1.67 bits per heavy atom. The number of rotatable bonds is 5. The lowest BCUT2D eigenvalue weighted by Crippen LogP contribution is -2.36. The highest BCUT2D eigenvalue weighted by molar-refractivity contribution is 6.06. The third-order valence-electron chi connectivity index (χ3n) is 3.15. The van der Waals surface area contributed by atoms with Crippen LogP contribution >= 0.6 is 0 Å². The van der Waals surface area contributed by atoms with Crippen LogP contribution in [0.15, 0.2) is 48.8 Å². The first-order valence-electron chi connectivity index (χ1n) is 6.80. The molecule has 2 rings (SSSR count). The molecular formula is C16H20N4O. The van der Waals surface area contributed by atoms with Crippen LogP contribution in [0, 0.1) is 0 Å². The maximum absolute atomic E-state index is 12.7. The maximum Gasteiger partial charge on any atom is 0.258 e. The normalized spacial score (nSPS) is 10.6. The number of carbonyl (C=O) groups is 1. The van der Waals surface area contributed by atoms with Gasteiger partial charge in [-0.15, -0.1) is 0 Å². The van der Waals surface area contributed by atoms with Crippen LogP contribution in [0.4, 0.5) is 11.4 Å². The summed E-state index contributed by atoms with van der Waals surface area (Å²) in [5.74, 6) is -0.0379. The van der Waals surface area contributed by atoms with Crippen molar-refractivity contribution in [3.8, 4) is 0 Å². The van der Waals surface area contributed by atoms with E-state index in [1.54, 1.807) is 41.6 Å². The molecule has 1 aromatic heterocycles. The van der Waals surface area contributed by atoms with Crippen molar-refractivity contribution >= 4 is 17.3 Å². The topological polar surface area (TPSA) is 62.5 Å². The molecule has 0 unspecified atom stereocenters.